The summed E-state index contributed by atoms with van der Waals surface area (Å²) in [4.78, 5) is 25.8. The number of sulfone groups is 1. The highest BCUT2D eigenvalue weighted by molar-refractivity contribution is 7.91. The van der Waals surface area contributed by atoms with E-state index in [0.717, 1.165) is 17.1 Å². The summed E-state index contributed by atoms with van der Waals surface area (Å²) < 4.78 is 23.5. The standard InChI is InChI=1S/C21H27N5O3S/c1-15-12-16(2)23-21(22-15)24-18-5-3-4-17(13-18)20(27)26-9-7-25(8-10-26)19-6-11-30(28,29)14-19/h3-5,12-13,19H,6-11,14H2,1-2H3,(H,22,23,24)/t19-/m0/s1. The molecule has 0 bridgehead atoms. The number of nitrogens with zero attached hydrogens (tertiary/aromatic N) is 4. The monoisotopic (exact) mass is 429 g/mol. The minimum Gasteiger partial charge on any atom is -0.336 e. The van der Waals surface area contributed by atoms with Crippen molar-refractivity contribution in [1.82, 2.24) is 19.8 Å². The zero-order valence-corrected chi connectivity index (χ0v) is 18.2. The molecule has 0 radical (unpaired) electrons. The summed E-state index contributed by atoms with van der Waals surface area (Å²) in [5.41, 5.74) is 3.14. The van der Waals surface area contributed by atoms with Crippen molar-refractivity contribution in [2.24, 2.45) is 0 Å². The molecule has 9 heteroatoms. The van der Waals surface area contributed by atoms with Gasteiger partial charge in [0, 0.05) is 54.9 Å². The molecule has 3 heterocycles. The zero-order valence-electron chi connectivity index (χ0n) is 17.3. The van der Waals surface area contributed by atoms with Gasteiger partial charge in [-0.05, 0) is 44.5 Å². The van der Waals surface area contributed by atoms with Crippen LogP contribution >= 0.6 is 0 Å². The van der Waals surface area contributed by atoms with Crippen LogP contribution in [0.2, 0.25) is 0 Å². The zero-order chi connectivity index (χ0) is 21.3. The highest BCUT2D eigenvalue weighted by Crippen LogP contribution is 2.21. The molecule has 1 aromatic carbocycles. The summed E-state index contributed by atoms with van der Waals surface area (Å²) in [5, 5.41) is 3.18. The van der Waals surface area contributed by atoms with Gasteiger partial charge in [0.05, 0.1) is 11.5 Å². The average Bonchev–Trinajstić information content (AvgIpc) is 3.07. The number of nitrogens with one attached hydrogen (secondary N) is 1. The third kappa shape index (κ3) is 4.79. The molecule has 4 rings (SSSR count). The topological polar surface area (TPSA) is 95.5 Å². The molecule has 30 heavy (non-hydrogen) atoms. The smallest absolute Gasteiger partial charge is 0.254 e. The van der Waals surface area contributed by atoms with Gasteiger partial charge in [0.1, 0.15) is 0 Å². The number of carbonyl (C=O) groups excluding carboxylic acids is 1. The molecule has 1 amide bonds. The van der Waals surface area contributed by atoms with Crippen LogP contribution < -0.4 is 5.32 Å². The Kier molecular flexibility index (Phi) is 5.75. The number of rotatable bonds is 4. The summed E-state index contributed by atoms with van der Waals surface area (Å²) >= 11 is 0. The van der Waals surface area contributed by atoms with E-state index < -0.39 is 9.84 Å². The van der Waals surface area contributed by atoms with Gasteiger partial charge < -0.3 is 10.2 Å². The predicted molar refractivity (Wildman–Crippen MR) is 116 cm³/mol. The number of benzene rings is 1. The molecule has 0 saturated carbocycles. The molecule has 1 aromatic heterocycles. The maximum absolute atomic E-state index is 13.0. The van der Waals surface area contributed by atoms with Crippen molar-refractivity contribution < 1.29 is 13.2 Å². The van der Waals surface area contributed by atoms with Crippen molar-refractivity contribution in [2.75, 3.05) is 43.0 Å². The Bertz CT molecular complexity index is 1030. The lowest BCUT2D eigenvalue weighted by atomic mass is 10.1. The molecular weight excluding hydrogens is 402 g/mol. The van der Waals surface area contributed by atoms with E-state index in [1.165, 1.54) is 0 Å². The van der Waals surface area contributed by atoms with Gasteiger partial charge >= 0.3 is 0 Å². The molecule has 2 aliphatic heterocycles. The number of piperazine rings is 1. The molecule has 2 saturated heterocycles. The highest BCUT2D eigenvalue weighted by Gasteiger charge is 2.34. The van der Waals surface area contributed by atoms with Crippen molar-refractivity contribution in [3.05, 3.63) is 47.3 Å². The second kappa shape index (κ2) is 8.31. The van der Waals surface area contributed by atoms with Crippen LogP contribution in [0.1, 0.15) is 28.2 Å². The molecular formula is C21H27N5O3S. The Morgan fingerprint density at radius 2 is 1.77 bits per heavy atom. The largest absolute Gasteiger partial charge is 0.336 e. The summed E-state index contributed by atoms with van der Waals surface area (Å²) in [6, 6.07) is 9.36. The molecule has 0 spiro atoms. The Morgan fingerprint density at radius 3 is 2.40 bits per heavy atom. The summed E-state index contributed by atoms with van der Waals surface area (Å²) in [5.74, 6) is 1.02. The first-order valence-corrected chi connectivity index (χ1v) is 12.0. The number of hydrogen-bond donors (Lipinski definition) is 1. The molecule has 1 N–H and O–H groups in total. The first kappa shape index (κ1) is 20.7. The minimum absolute atomic E-state index is 0.0151. The van der Waals surface area contributed by atoms with Gasteiger partial charge in [-0.2, -0.15) is 0 Å². The number of anilines is 2. The van der Waals surface area contributed by atoms with Crippen molar-refractivity contribution in [3.8, 4) is 0 Å². The van der Waals surface area contributed by atoms with Crippen LogP contribution in [0.4, 0.5) is 11.6 Å². The highest BCUT2D eigenvalue weighted by atomic mass is 32.2. The van der Waals surface area contributed by atoms with Gasteiger partial charge in [0.2, 0.25) is 5.95 Å². The lowest BCUT2D eigenvalue weighted by Gasteiger charge is -2.37. The van der Waals surface area contributed by atoms with Crippen LogP contribution in [-0.4, -0.2) is 77.8 Å². The van der Waals surface area contributed by atoms with E-state index in [1.807, 2.05) is 49.1 Å². The number of amides is 1. The van der Waals surface area contributed by atoms with Crippen LogP contribution in [-0.2, 0) is 9.84 Å². The van der Waals surface area contributed by atoms with Crippen molar-refractivity contribution in [3.63, 3.8) is 0 Å². The number of carbonyl (C=O) groups is 1. The third-order valence-electron chi connectivity index (χ3n) is 5.67. The van der Waals surface area contributed by atoms with E-state index in [4.69, 9.17) is 0 Å². The Hall–Kier alpha value is -2.52. The van der Waals surface area contributed by atoms with E-state index in [-0.39, 0.29) is 23.5 Å². The average molecular weight is 430 g/mol. The van der Waals surface area contributed by atoms with E-state index in [0.29, 0.717) is 44.1 Å². The first-order chi connectivity index (χ1) is 14.3. The van der Waals surface area contributed by atoms with Crippen molar-refractivity contribution in [2.45, 2.75) is 26.3 Å². The predicted octanol–water partition coefficient (Wildman–Crippen LogP) is 1.78. The van der Waals surface area contributed by atoms with Crippen LogP contribution in [0.5, 0.6) is 0 Å². The molecule has 2 aromatic rings. The van der Waals surface area contributed by atoms with E-state index in [9.17, 15) is 13.2 Å². The van der Waals surface area contributed by atoms with Crippen LogP contribution in [0.3, 0.4) is 0 Å². The van der Waals surface area contributed by atoms with Crippen LogP contribution in [0.25, 0.3) is 0 Å². The van der Waals surface area contributed by atoms with Crippen molar-refractivity contribution >= 4 is 27.4 Å². The van der Waals surface area contributed by atoms with E-state index in [2.05, 4.69) is 20.2 Å². The van der Waals surface area contributed by atoms with Crippen LogP contribution in [0.15, 0.2) is 30.3 Å². The summed E-state index contributed by atoms with van der Waals surface area (Å²) in [6.07, 6.45) is 0.699. The van der Waals surface area contributed by atoms with E-state index in [1.54, 1.807) is 0 Å². The number of aromatic nitrogens is 2. The molecule has 8 nitrogen and oxygen atoms in total. The summed E-state index contributed by atoms with van der Waals surface area (Å²) in [6.45, 7) is 6.46. The lowest BCUT2D eigenvalue weighted by Crippen LogP contribution is -2.52. The van der Waals surface area contributed by atoms with Crippen LogP contribution in [0, 0.1) is 13.8 Å². The van der Waals surface area contributed by atoms with Gasteiger partial charge in [0.25, 0.3) is 5.91 Å². The quantitative estimate of drug-likeness (QED) is 0.791. The maximum atomic E-state index is 13.0. The molecule has 160 valence electrons. The number of aryl methyl sites for hydroxylation is 2. The molecule has 0 unspecified atom stereocenters. The molecule has 0 aliphatic carbocycles. The van der Waals surface area contributed by atoms with Gasteiger partial charge in [-0.3, -0.25) is 9.69 Å². The second-order valence-electron chi connectivity index (χ2n) is 8.07. The summed E-state index contributed by atoms with van der Waals surface area (Å²) in [7, 11) is -2.89. The van der Waals surface area contributed by atoms with Crippen molar-refractivity contribution in [1.29, 1.82) is 0 Å². The fourth-order valence-electron chi connectivity index (χ4n) is 4.18. The first-order valence-electron chi connectivity index (χ1n) is 10.2. The van der Waals surface area contributed by atoms with Gasteiger partial charge in [0.15, 0.2) is 9.84 Å². The molecule has 1 atom stereocenters. The fourth-order valence-corrected chi connectivity index (χ4v) is 5.94. The SMILES string of the molecule is Cc1cc(C)nc(Nc2cccc(C(=O)N3CCN([C@H]4CCS(=O)(=O)C4)CC3)c2)n1. The Labute approximate surface area is 177 Å². The fraction of sp³-hybridized carbons (Fsp3) is 0.476. The Morgan fingerprint density at radius 1 is 1.07 bits per heavy atom. The normalized spacial score (nSPS) is 21.5. The van der Waals surface area contributed by atoms with E-state index >= 15 is 0 Å². The lowest BCUT2D eigenvalue weighted by molar-refractivity contribution is 0.0588. The molecule has 2 aliphatic rings. The van der Waals surface area contributed by atoms with Gasteiger partial charge in [-0.1, -0.05) is 6.07 Å². The Balaban J connectivity index is 1.39. The van der Waals surface area contributed by atoms with Gasteiger partial charge in [-0.15, -0.1) is 0 Å². The molecule has 2 fully saturated rings. The van der Waals surface area contributed by atoms with Gasteiger partial charge in [-0.25, -0.2) is 18.4 Å². The number of hydrogen-bond acceptors (Lipinski definition) is 7. The maximum Gasteiger partial charge on any atom is 0.254 e. The minimum atomic E-state index is -2.89. The second-order valence-corrected chi connectivity index (χ2v) is 10.3. The third-order valence-corrected chi connectivity index (χ3v) is 7.42.